The number of amides is 2. The third-order valence-corrected chi connectivity index (χ3v) is 5.97. The van der Waals surface area contributed by atoms with Crippen LogP contribution in [0, 0.1) is 0 Å². The van der Waals surface area contributed by atoms with Gasteiger partial charge in [0.25, 0.3) is 0 Å². The summed E-state index contributed by atoms with van der Waals surface area (Å²) in [6.45, 7) is 12.6. The lowest BCUT2D eigenvalue weighted by Gasteiger charge is -2.23. The molecule has 1 aromatic heterocycles. The van der Waals surface area contributed by atoms with Crippen LogP contribution < -0.4 is 20.9 Å². The summed E-state index contributed by atoms with van der Waals surface area (Å²) >= 11 is 12.9. The van der Waals surface area contributed by atoms with Gasteiger partial charge in [0.2, 0.25) is 12.4 Å². The third-order valence-electron chi connectivity index (χ3n) is 5.22. The number of carbonyl (C=O) groups is 2. The molecule has 0 atom stereocenters. The van der Waals surface area contributed by atoms with Gasteiger partial charge in [-0.05, 0) is 58.2 Å². The summed E-state index contributed by atoms with van der Waals surface area (Å²) in [5.74, 6) is 1.19. The van der Waals surface area contributed by atoms with Crippen molar-refractivity contribution in [3.63, 3.8) is 0 Å². The van der Waals surface area contributed by atoms with Crippen molar-refractivity contribution >= 4 is 52.6 Å². The molecular formula is C29H39Cl2N5O5. The molecule has 0 bridgehead atoms. The van der Waals surface area contributed by atoms with Crippen molar-refractivity contribution in [2.75, 3.05) is 33.0 Å². The Morgan fingerprint density at radius 1 is 1.07 bits per heavy atom. The molecule has 12 heteroatoms. The number of nitrogen functional groups attached to an aromatic ring is 1. The Labute approximate surface area is 251 Å². The molecule has 0 unspecified atom stereocenters. The van der Waals surface area contributed by atoms with Crippen LogP contribution in [-0.2, 0) is 9.53 Å². The number of fused-ring (bicyclic) bond motifs is 1. The first-order chi connectivity index (χ1) is 19.4. The second-order valence-electron chi connectivity index (χ2n) is 9.50. The van der Waals surface area contributed by atoms with Gasteiger partial charge in [0.1, 0.15) is 17.1 Å². The number of carbonyl (C=O) groups excluding carboxylic acids is 2. The van der Waals surface area contributed by atoms with E-state index >= 15 is 0 Å². The van der Waals surface area contributed by atoms with Crippen LogP contribution in [0.25, 0.3) is 22.0 Å². The average molecular weight is 609 g/mol. The monoisotopic (exact) mass is 607 g/mol. The highest BCUT2D eigenvalue weighted by Crippen LogP contribution is 2.46. The van der Waals surface area contributed by atoms with Crippen LogP contribution in [0.1, 0.15) is 40.5 Å². The molecular weight excluding hydrogens is 569 g/mol. The number of allylic oxidation sites excluding steroid dienone is 1. The van der Waals surface area contributed by atoms with E-state index in [0.717, 1.165) is 42.4 Å². The van der Waals surface area contributed by atoms with Crippen molar-refractivity contribution in [1.82, 2.24) is 14.9 Å². The van der Waals surface area contributed by atoms with E-state index < -0.39 is 0 Å². The summed E-state index contributed by atoms with van der Waals surface area (Å²) in [6.07, 6.45) is 5.71. The van der Waals surface area contributed by atoms with Crippen LogP contribution in [0.5, 0.6) is 11.5 Å². The molecule has 0 spiro atoms. The molecule has 1 saturated heterocycles. The maximum Gasteiger partial charge on any atom is 0.410 e. The lowest BCUT2D eigenvalue weighted by molar-refractivity contribution is -0.106. The molecule has 2 heterocycles. The van der Waals surface area contributed by atoms with Crippen LogP contribution in [0.4, 0.5) is 10.7 Å². The fourth-order valence-electron chi connectivity index (χ4n) is 3.57. The number of nitrogens with two attached hydrogens (primary N) is 2. The van der Waals surface area contributed by atoms with Gasteiger partial charge in [0.15, 0.2) is 0 Å². The van der Waals surface area contributed by atoms with Gasteiger partial charge in [-0.2, -0.15) is 0 Å². The zero-order valence-electron chi connectivity index (χ0n) is 24.4. The maximum atomic E-state index is 11.4. The van der Waals surface area contributed by atoms with Gasteiger partial charge in [0, 0.05) is 36.3 Å². The van der Waals surface area contributed by atoms with Crippen LogP contribution in [0.2, 0.25) is 10.0 Å². The van der Waals surface area contributed by atoms with Crippen molar-refractivity contribution in [3.05, 3.63) is 53.2 Å². The second-order valence-corrected chi connectivity index (χ2v) is 10.3. The van der Waals surface area contributed by atoms with Gasteiger partial charge in [-0.3, -0.25) is 4.79 Å². The molecule has 4 rings (SSSR count). The van der Waals surface area contributed by atoms with E-state index in [1.807, 2.05) is 45.9 Å². The summed E-state index contributed by atoms with van der Waals surface area (Å²) in [6, 6.07) is 7.24. The molecule has 10 nitrogen and oxygen atoms in total. The van der Waals surface area contributed by atoms with Gasteiger partial charge < -0.3 is 30.6 Å². The number of anilines is 1. The molecule has 224 valence electrons. The number of rotatable bonds is 3. The molecule has 1 aliphatic heterocycles. The normalized spacial score (nSPS) is 12.0. The molecule has 4 N–H and O–H groups in total. The Morgan fingerprint density at radius 2 is 1.59 bits per heavy atom. The molecule has 2 amide bonds. The number of primary amides is 1. The predicted octanol–water partition coefficient (Wildman–Crippen LogP) is 6.51. The lowest BCUT2D eigenvalue weighted by Crippen LogP contribution is -2.34. The SMILES string of the molecule is C=CC.CC(C)(C)OC(=O)N1CCCC1.COc1cc(OC)c(Cl)c(-c2ccc3nc(N)ncc3c2)c1Cl.NC=O. The number of methoxy groups -OCH3 is 2. The third kappa shape index (κ3) is 11.0. The van der Waals surface area contributed by atoms with Crippen LogP contribution in [-0.4, -0.2) is 60.3 Å². The van der Waals surface area contributed by atoms with Crippen LogP contribution in [0.15, 0.2) is 43.1 Å². The maximum absolute atomic E-state index is 11.4. The number of aromatic nitrogens is 2. The van der Waals surface area contributed by atoms with Gasteiger partial charge >= 0.3 is 6.09 Å². The van der Waals surface area contributed by atoms with E-state index in [4.69, 9.17) is 47.9 Å². The number of ether oxygens (including phenoxy) is 3. The second kappa shape index (κ2) is 17.1. The van der Waals surface area contributed by atoms with Crippen LogP contribution >= 0.6 is 23.2 Å². The zero-order chi connectivity index (χ0) is 31.2. The minimum absolute atomic E-state index is 0.167. The molecule has 0 saturated carbocycles. The standard InChI is InChI=1S/C16H13Cl2N3O2.C9H17NO2.C3H6.CH3NO/c1-22-11-6-12(23-2)15(18)13(14(11)17)8-3-4-10-9(5-8)7-20-16(19)21-10;1-9(2,3)12-8(11)10-6-4-5-7-10;1-3-2;2-1-3/h3-7H,1-2H3,(H2,19,20,21);4-7H2,1-3H3;3H,1H2,2H3;1H,(H2,2,3). The Hall–Kier alpha value is -3.76. The molecule has 1 aliphatic rings. The van der Waals surface area contributed by atoms with Crippen molar-refractivity contribution in [1.29, 1.82) is 0 Å². The van der Waals surface area contributed by atoms with Crippen molar-refractivity contribution in [2.24, 2.45) is 5.73 Å². The minimum Gasteiger partial charge on any atom is -0.495 e. The topological polar surface area (TPSA) is 143 Å². The number of benzene rings is 2. The van der Waals surface area contributed by atoms with Gasteiger partial charge in [-0.15, -0.1) is 6.58 Å². The predicted molar refractivity (Wildman–Crippen MR) is 166 cm³/mol. The van der Waals surface area contributed by atoms with E-state index in [2.05, 4.69) is 22.3 Å². The van der Waals surface area contributed by atoms with Crippen molar-refractivity contribution < 1.29 is 23.8 Å². The van der Waals surface area contributed by atoms with Crippen molar-refractivity contribution in [2.45, 2.75) is 46.1 Å². The molecule has 1 fully saturated rings. The highest BCUT2D eigenvalue weighted by molar-refractivity contribution is 6.41. The fourth-order valence-corrected chi connectivity index (χ4v) is 4.29. The number of hydrogen-bond acceptors (Lipinski definition) is 8. The summed E-state index contributed by atoms with van der Waals surface area (Å²) in [4.78, 5) is 29.9. The quantitative estimate of drug-likeness (QED) is 0.253. The first kappa shape index (κ1) is 35.3. The van der Waals surface area contributed by atoms with E-state index in [1.54, 1.807) is 23.2 Å². The summed E-state index contributed by atoms with van der Waals surface area (Å²) < 4.78 is 15.8. The highest BCUT2D eigenvalue weighted by Gasteiger charge is 2.24. The van der Waals surface area contributed by atoms with Crippen LogP contribution in [0.3, 0.4) is 0 Å². The highest BCUT2D eigenvalue weighted by atomic mass is 35.5. The molecule has 3 aromatic rings. The molecule has 0 aliphatic carbocycles. The Bertz CT molecular complexity index is 1270. The first-order valence-electron chi connectivity index (χ1n) is 12.7. The number of halogens is 2. The fraction of sp³-hybridized carbons (Fsp3) is 0.379. The van der Waals surface area contributed by atoms with E-state index in [0.29, 0.717) is 27.1 Å². The summed E-state index contributed by atoms with van der Waals surface area (Å²) in [7, 11) is 3.07. The molecule has 0 radical (unpaired) electrons. The zero-order valence-corrected chi connectivity index (χ0v) is 25.9. The Balaban J connectivity index is 0.000000391. The Morgan fingerprint density at radius 3 is 2.05 bits per heavy atom. The van der Waals surface area contributed by atoms with E-state index in [9.17, 15) is 4.79 Å². The Kier molecular flexibility index (Phi) is 14.7. The lowest BCUT2D eigenvalue weighted by atomic mass is 10.0. The average Bonchev–Trinajstić information content (AvgIpc) is 3.45. The van der Waals surface area contributed by atoms with E-state index in [-0.39, 0.29) is 24.1 Å². The van der Waals surface area contributed by atoms with E-state index in [1.165, 1.54) is 14.2 Å². The first-order valence-corrected chi connectivity index (χ1v) is 13.5. The molecule has 41 heavy (non-hydrogen) atoms. The largest absolute Gasteiger partial charge is 0.495 e. The number of likely N-dealkylation sites (tertiary alicyclic amines) is 1. The van der Waals surface area contributed by atoms with Gasteiger partial charge in [-0.25, -0.2) is 14.8 Å². The summed E-state index contributed by atoms with van der Waals surface area (Å²) in [5, 5.41) is 1.65. The van der Waals surface area contributed by atoms with Gasteiger partial charge in [-0.1, -0.05) is 35.3 Å². The van der Waals surface area contributed by atoms with Crippen molar-refractivity contribution in [3.8, 4) is 22.6 Å². The van der Waals surface area contributed by atoms with Gasteiger partial charge in [0.05, 0.1) is 29.8 Å². The smallest absolute Gasteiger partial charge is 0.410 e. The number of nitrogens with zero attached hydrogens (tertiary/aromatic N) is 3. The minimum atomic E-state index is -0.361. The number of hydrogen-bond donors (Lipinski definition) is 2. The summed E-state index contributed by atoms with van der Waals surface area (Å²) in [5.41, 5.74) is 11.6. The molecule has 2 aromatic carbocycles.